The van der Waals surface area contributed by atoms with Crippen LogP contribution in [-0.4, -0.2) is 20.7 Å². The molecule has 1 aromatic carbocycles. The second-order valence-corrected chi connectivity index (χ2v) is 4.36. The molecule has 6 heteroatoms. The number of hydrogen-bond donors (Lipinski definition) is 2. The molecule has 1 atom stereocenters. The van der Waals surface area contributed by atoms with Gasteiger partial charge >= 0.3 is 0 Å². The first-order valence-electron chi connectivity index (χ1n) is 5.67. The third kappa shape index (κ3) is 1.50. The molecule has 92 valence electrons. The smallest absolute Gasteiger partial charge is 0.245 e. The van der Waals surface area contributed by atoms with E-state index in [1.165, 1.54) is 0 Å². The molecule has 0 spiro atoms. The Kier molecular flexibility index (Phi) is 2.21. The molecule has 2 heterocycles. The summed E-state index contributed by atoms with van der Waals surface area (Å²) in [7, 11) is 0. The van der Waals surface area contributed by atoms with Crippen LogP contribution in [-0.2, 0) is 4.79 Å². The number of rotatable bonds is 1. The summed E-state index contributed by atoms with van der Waals surface area (Å²) in [4.78, 5) is 15.7. The number of nitrogens with two attached hydrogens (primary N) is 1. The summed E-state index contributed by atoms with van der Waals surface area (Å²) in [6.07, 6.45) is 0. The lowest BCUT2D eigenvalue weighted by Gasteiger charge is -2.06. The fourth-order valence-corrected chi connectivity index (χ4v) is 2.17. The van der Waals surface area contributed by atoms with E-state index in [0.29, 0.717) is 5.82 Å². The molecule has 1 aromatic heterocycles. The Balaban J connectivity index is 2.09. The fraction of sp³-hybridized carbons (Fsp3) is 0.250. The number of fused-ring (bicyclic) bond motifs is 1. The standard InChI is InChI=1S/C12H13N5O/c1-6-14-7(2)17(16-6)8-3-4-9-10(5-8)15-12(18)11(9)13/h3-5,11H,13H2,1-2H3,(H,15,18). The van der Waals surface area contributed by atoms with Gasteiger partial charge in [0.2, 0.25) is 5.91 Å². The first-order chi connectivity index (χ1) is 8.56. The van der Waals surface area contributed by atoms with Gasteiger partial charge in [-0.3, -0.25) is 4.79 Å². The number of aromatic nitrogens is 3. The fourth-order valence-electron chi connectivity index (χ4n) is 2.17. The molecule has 2 aromatic rings. The van der Waals surface area contributed by atoms with Crippen LogP contribution in [0.15, 0.2) is 18.2 Å². The van der Waals surface area contributed by atoms with Gasteiger partial charge in [0, 0.05) is 11.3 Å². The van der Waals surface area contributed by atoms with Gasteiger partial charge in [-0.25, -0.2) is 9.67 Å². The van der Waals surface area contributed by atoms with Crippen LogP contribution in [0.2, 0.25) is 0 Å². The molecule has 0 saturated carbocycles. The molecule has 3 rings (SSSR count). The average Bonchev–Trinajstić information content (AvgIpc) is 2.80. The summed E-state index contributed by atoms with van der Waals surface area (Å²) in [6, 6.07) is 5.03. The number of carbonyl (C=O) groups is 1. The van der Waals surface area contributed by atoms with Crippen molar-refractivity contribution in [1.82, 2.24) is 14.8 Å². The van der Waals surface area contributed by atoms with E-state index in [-0.39, 0.29) is 5.91 Å². The maximum Gasteiger partial charge on any atom is 0.245 e. The van der Waals surface area contributed by atoms with Gasteiger partial charge in [-0.1, -0.05) is 6.07 Å². The van der Waals surface area contributed by atoms with Crippen LogP contribution in [0.5, 0.6) is 0 Å². The minimum Gasteiger partial charge on any atom is -0.324 e. The van der Waals surface area contributed by atoms with E-state index in [0.717, 1.165) is 22.8 Å². The third-order valence-corrected chi connectivity index (χ3v) is 3.03. The van der Waals surface area contributed by atoms with E-state index < -0.39 is 6.04 Å². The van der Waals surface area contributed by atoms with Crippen molar-refractivity contribution in [2.24, 2.45) is 5.73 Å². The topological polar surface area (TPSA) is 85.8 Å². The Bertz CT molecular complexity index is 646. The Morgan fingerprint density at radius 3 is 2.83 bits per heavy atom. The second-order valence-electron chi connectivity index (χ2n) is 4.36. The number of aryl methyl sites for hydroxylation is 2. The van der Waals surface area contributed by atoms with Gasteiger partial charge in [-0.15, -0.1) is 0 Å². The minimum atomic E-state index is -0.576. The van der Waals surface area contributed by atoms with Crippen LogP contribution in [0, 0.1) is 13.8 Å². The summed E-state index contributed by atoms with van der Waals surface area (Å²) < 4.78 is 1.74. The molecule has 0 aliphatic carbocycles. The van der Waals surface area contributed by atoms with Crippen LogP contribution in [0.3, 0.4) is 0 Å². The summed E-state index contributed by atoms with van der Waals surface area (Å²) >= 11 is 0. The summed E-state index contributed by atoms with van der Waals surface area (Å²) in [6.45, 7) is 3.73. The zero-order valence-corrected chi connectivity index (χ0v) is 10.1. The van der Waals surface area contributed by atoms with Crippen molar-refractivity contribution in [3.8, 4) is 5.69 Å². The average molecular weight is 243 g/mol. The van der Waals surface area contributed by atoms with Crippen molar-refractivity contribution in [3.05, 3.63) is 35.4 Å². The molecule has 18 heavy (non-hydrogen) atoms. The molecule has 1 amide bonds. The summed E-state index contributed by atoms with van der Waals surface area (Å²) in [5, 5.41) is 7.06. The molecule has 0 saturated heterocycles. The van der Waals surface area contributed by atoms with Crippen LogP contribution in [0.25, 0.3) is 5.69 Å². The molecule has 0 bridgehead atoms. The maximum absolute atomic E-state index is 11.5. The van der Waals surface area contributed by atoms with Crippen molar-refractivity contribution in [2.75, 3.05) is 5.32 Å². The lowest BCUT2D eigenvalue weighted by atomic mass is 10.1. The van der Waals surface area contributed by atoms with Gasteiger partial charge in [-0.2, -0.15) is 5.10 Å². The monoisotopic (exact) mass is 243 g/mol. The third-order valence-electron chi connectivity index (χ3n) is 3.03. The predicted octanol–water partition coefficient (Wildman–Crippen LogP) is 0.836. The maximum atomic E-state index is 11.5. The zero-order valence-electron chi connectivity index (χ0n) is 10.1. The number of hydrogen-bond acceptors (Lipinski definition) is 4. The zero-order chi connectivity index (χ0) is 12.9. The van der Waals surface area contributed by atoms with Crippen LogP contribution >= 0.6 is 0 Å². The number of nitrogens with zero attached hydrogens (tertiary/aromatic N) is 3. The molecule has 3 N–H and O–H groups in total. The molecular weight excluding hydrogens is 230 g/mol. The first kappa shape index (κ1) is 10.9. The second kappa shape index (κ2) is 3.64. The summed E-state index contributed by atoms with van der Waals surface area (Å²) in [5.74, 6) is 1.35. The Morgan fingerprint density at radius 2 is 2.17 bits per heavy atom. The van der Waals surface area contributed by atoms with Crippen molar-refractivity contribution in [3.63, 3.8) is 0 Å². The predicted molar refractivity (Wildman–Crippen MR) is 66.4 cm³/mol. The van der Waals surface area contributed by atoms with Gasteiger partial charge < -0.3 is 11.1 Å². The highest BCUT2D eigenvalue weighted by Crippen LogP contribution is 2.30. The van der Waals surface area contributed by atoms with Crippen molar-refractivity contribution in [1.29, 1.82) is 0 Å². The van der Waals surface area contributed by atoms with E-state index in [2.05, 4.69) is 15.4 Å². The quantitative estimate of drug-likeness (QED) is 0.777. The van der Waals surface area contributed by atoms with Crippen molar-refractivity contribution in [2.45, 2.75) is 19.9 Å². The molecular formula is C12H13N5O. The van der Waals surface area contributed by atoms with Crippen LogP contribution in [0.1, 0.15) is 23.3 Å². The lowest BCUT2D eigenvalue weighted by molar-refractivity contribution is -0.116. The van der Waals surface area contributed by atoms with Crippen LogP contribution < -0.4 is 11.1 Å². The first-order valence-corrected chi connectivity index (χ1v) is 5.67. The van der Waals surface area contributed by atoms with E-state index in [1.54, 1.807) is 4.68 Å². The number of anilines is 1. The SMILES string of the molecule is Cc1nc(C)n(-c2ccc3c(c2)NC(=O)C3N)n1. The highest BCUT2D eigenvalue weighted by atomic mass is 16.2. The highest BCUT2D eigenvalue weighted by Gasteiger charge is 2.27. The molecule has 6 nitrogen and oxygen atoms in total. The lowest BCUT2D eigenvalue weighted by Crippen LogP contribution is -2.19. The highest BCUT2D eigenvalue weighted by molar-refractivity contribution is 6.02. The summed E-state index contributed by atoms with van der Waals surface area (Å²) in [5.41, 5.74) is 8.19. The minimum absolute atomic E-state index is 0.173. The van der Waals surface area contributed by atoms with Gasteiger partial charge in [0.25, 0.3) is 0 Å². The van der Waals surface area contributed by atoms with E-state index in [4.69, 9.17) is 5.73 Å². The Morgan fingerprint density at radius 1 is 1.39 bits per heavy atom. The van der Waals surface area contributed by atoms with Gasteiger partial charge in [0.1, 0.15) is 17.7 Å². The molecule has 1 aliphatic rings. The largest absolute Gasteiger partial charge is 0.324 e. The molecule has 1 aliphatic heterocycles. The number of amides is 1. The molecule has 0 fully saturated rings. The van der Waals surface area contributed by atoms with Gasteiger partial charge in [0.15, 0.2) is 0 Å². The number of nitrogens with one attached hydrogen (secondary N) is 1. The molecule has 1 unspecified atom stereocenters. The normalized spacial score (nSPS) is 17.7. The molecule has 0 radical (unpaired) electrons. The van der Waals surface area contributed by atoms with E-state index in [1.807, 2.05) is 32.0 Å². The van der Waals surface area contributed by atoms with Crippen molar-refractivity contribution >= 4 is 11.6 Å². The Labute approximate surface area is 104 Å². The van der Waals surface area contributed by atoms with Crippen LogP contribution in [0.4, 0.5) is 5.69 Å². The van der Waals surface area contributed by atoms with E-state index >= 15 is 0 Å². The van der Waals surface area contributed by atoms with Gasteiger partial charge in [-0.05, 0) is 26.0 Å². The van der Waals surface area contributed by atoms with Gasteiger partial charge in [0.05, 0.1) is 5.69 Å². The number of carbonyl (C=O) groups excluding carboxylic acids is 1. The Hall–Kier alpha value is -2.21. The number of benzene rings is 1. The van der Waals surface area contributed by atoms with Crippen molar-refractivity contribution < 1.29 is 4.79 Å². The van der Waals surface area contributed by atoms with E-state index in [9.17, 15) is 4.79 Å².